The maximum absolute atomic E-state index is 11.7. The van der Waals surface area contributed by atoms with Crippen LogP contribution in [0, 0.1) is 0 Å². The summed E-state index contributed by atoms with van der Waals surface area (Å²) in [6.45, 7) is 13.3. The van der Waals surface area contributed by atoms with Crippen LogP contribution >= 0.6 is 11.8 Å². The molecule has 0 heterocycles. The van der Waals surface area contributed by atoms with Gasteiger partial charge in [0.05, 0.1) is 17.8 Å². The van der Waals surface area contributed by atoms with Crippen LogP contribution in [0.1, 0.15) is 80.1 Å². The van der Waals surface area contributed by atoms with Gasteiger partial charge in [-0.2, -0.15) is 0 Å². The van der Waals surface area contributed by atoms with Gasteiger partial charge < -0.3 is 9.47 Å². The predicted octanol–water partition coefficient (Wildman–Crippen LogP) is 4.97. The molecule has 0 aliphatic heterocycles. The van der Waals surface area contributed by atoms with E-state index in [1.807, 2.05) is 0 Å². The highest BCUT2D eigenvalue weighted by molar-refractivity contribution is 8.00. The lowest BCUT2D eigenvalue weighted by molar-refractivity contribution is -0.120. The molecular formula is C18H34O3S. The smallest absolute Gasteiger partial charge is 0.134 e. The van der Waals surface area contributed by atoms with Crippen LogP contribution in [0.3, 0.4) is 0 Å². The van der Waals surface area contributed by atoms with Gasteiger partial charge in [0.1, 0.15) is 11.2 Å². The van der Waals surface area contributed by atoms with Gasteiger partial charge in [-0.05, 0) is 53.4 Å². The molecule has 1 saturated carbocycles. The van der Waals surface area contributed by atoms with Crippen molar-refractivity contribution in [2.75, 3.05) is 6.61 Å². The quantitative estimate of drug-likeness (QED) is 0.559. The molecule has 0 aromatic carbocycles. The predicted molar refractivity (Wildman–Crippen MR) is 94.4 cm³/mol. The molecule has 0 spiro atoms. The van der Waals surface area contributed by atoms with Crippen LogP contribution in [0.4, 0.5) is 0 Å². The highest BCUT2D eigenvalue weighted by Gasteiger charge is 2.29. The molecule has 0 N–H and O–H groups in total. The lowest BCUT2D eigenvalue weighted by Crippen LogP contribution is -2.36. The Labute approximate surface area is 140 Å². The molecule has 4 heteroatoms. The van der Waals surface area contributed by atoms with Crippen LogP contribution in [0.5, 0.6) is 0 Å². The van der Waals surface area contributed by atoms with E-state index in [1.54, 1.807) is 11.8 Å². The highest BCUT2D eigenvalue weighted by atomic mass is 32.2. The molecule has 0 saturated heterocycles. The molecule has 1 aliphatic carbocycles. The number of hydrogen-bond donors (Lipinski definition) is 0. The third-order valence-electron chi connectivity index (χ3n) is 4.54. The average Bonchev–Trinajstić information content (AvgIpc) is 2.45. The first-order valence-corrected chi connectivity index (χ1v) is 9.60. The van der Waals surface area contributed by atoms with Gasteiger partial charge in [-0.15, -0.1) is 11.8 Å². The Balaban J connectivity index is 2.62. The molecule has 3 nitrogen and oxygen atoms in total. The van der Waals surface area contributed by atoms with E-state index in [2.05, 4.69) is 41.5 Å². The average molecular weight is 331 g/mol. The molecule has 0 radical (unpaired) electrons. The number of Topliss-reactive ketones (excluding diaryl/α,β-unsaturated/α-hetero) is 1. The SMILES string of the molecule is CCC(C)(C)OCC(OC(C)(C)CC)SC1CCCC(=O)C1. The summed E-state index contributed by atoms with van der Waals surface area (Å²) in [7, 11) is 0. The van der Waals surface area contributed by atoms with E-state index in [0.29, 0.717) is 24.1 Å². The van der Waals surface area contributed by atoms with Gasteiger partial charge in [-0.25, -0.2) is 0 Å². The van der Waals surface area contributed by atoms with Crippen molar-refractivity contribution in [3.05, 3.63) is 0 Å². The standard InChI is InChI=1S/C18H34O3S/c1-7-17(3,4)20-13-16(21-18(5,6)8-2)22-15-11-9-10-14(19)12-15/h15-16H,7-13H2,1-6H3. The van der Waals surface area contributed by atoms with Crippen LogP contribution in [-0.2, 0) is 14.3 Å². The minimum Gasteiger partial charge on any atom is -0.372 e. The first-order valence-electron chi connectivity index (χ1n) is 8.66. The molecule has 2 atom stereocenters. The van der Waals surface area contributed by atoms with Gasteiger partial charge in [0.2, 0.25) is 0 Å². The van der Waals surface area contributed by atoms with Crippen molar-refractivity contribution < 1.29 is 14.3 Å². The van der Waals surface area contributed by atoms with Gasteiger partial charge in [0.15, 0.2) is 0 Å². The zero-order valence-corrected chi connectivity index (χ0v) is 16.1. The number of ether oxygens (including phenoxy) is 2. The first kappa shape index (κ1) is 20.0. The monoisotopic (exact) mass is 330 g/mol. The summed E-state index contributed by atoms with van der Waals surface area (Å²) in [5.74, 6) is 0.395. The maximum atomic E-state index is 11.7. The lowest BCUT2D eigenvalue weighted by atomic mass is 9.99. The zero-order chi connectivity index (χ0) is 16.8. The van der Waals surface area contributed by atoms with Crippen LogP contribution in [0.25, 0.3) is 0 Å². The number of thioether (sulfide) groups is 1. The van der Waals surface area contributed by atoms with Crippen LogP contribution in [-0.4, -0.2) is 34.3 Å². The van der Waals surface area contributed by atoms with E-state index in [-0.39, 0.29) is 16.6 Å². The molecule has 1 fully saturated rings. The van der Waals surface area contributed by atoms with Crippen LogP contribution in [0.15, 0.2) is 0 Å². The Hall–Kier alpha value is -0.0600. The fourth-order valence-corrected chi connectivity index (χ4v) is 3.73. The van der Waals surface area contributed by atoms with E-state index in [0.717, 1.165) is 32.1 Å². The summed E-state index contributed by atoms with van der Waals surface area (Å²) in [5, 5.41) is 0.382. The molecule has 1 rings (SSSR count). The second kappa shape index (κ2) is 8.70. The number of hydrogen-bond acceptors (Lipinski definition) is 4. The van der Waals surface area contributed by atoms with Gasteiger partial charge in [0, 0.05) is 18.1 Å². The Kier molecular flexibility index (Phi) is 7.90. The molecule has 22 heavy (non-hydrogen) atoms. The topological polar surface area (TPSA) is 35.5 Å². The maximum Gasteiger partial charge on any atom is 0.134 e. The van der Waals surface area contributed by atoms with Crippen molar-refractivity contribution >= 4 is 17.5 Å². The molecule has 2 unspecified atom stereocenters. The minimum atomic E-state index is -0.157. The molecular weight excluding hydrogens is 296 g/mol. The summed E-state index contributed by atoms with van der Waals surface area (Å²) in [6, 6.07) is 0. The van der Waals surface area contributed by atoms with E-state index >= 15 is 0 Å². The normalized spacial score (nSPS) is 21.9. The Morgan fingerprint density at radius 1 is 1.18 bits per heavy atom. The van der Waals surface area contributed by atoms with Crippen molar-refractivity contribution in [3.8, 4) is 0 Å². The van der Waals surface area contributed by atoms with Gasteiger partial charge in [0.25, 0.3) is 0 Å². The zero-order valence-electron chi connectivity index (χ0n) is 15.2. The second-order valence-electron chi connectivity index (χ2n) is 7.48. The third kappa shape index (κ3) is 7.47. The fraction of sp³-hybridized carbons (Fsp3) is 0.944. The van der Waals surface area contributed by atoms with Gasteiger partial charge in [-0.1, -0.05) is 13.8 Å². The summed E-state index contributed by atoms with van der Waals surface area (Å²) < 4.78 is 12.4. The van der Waals surface area contributed by atoms with Crippen LogP contribution in [0.2, 0.25) is 0 Å². The molecule has 0 bridgehead atoms. The number of ketones is 1. The van der Waals surface area contributed by atoms with Crippen molar-refractivity contribution in [1.82, 2.24) is 0 Å². The molecule has 0 aromatic rings. The summed E-state index contributed by atoms with van der Waals surface area (Å²) >= 11 is 1.79. The number of carbonyl (C=O) groups excluding carboxylic acids is 1. The molecule has 0 amide bonds. The Morgan fingerprint density at radius 2 is 1.82 bits per heavy atom. The van der Waals surface area contributed by atoms with E-state index in [1.165, 1.54) is 0 Å². The third-order valence-corrected chi connectivity index (χ3v) is 5.87. The highest BCUT2D eigenvalue weighted by Crippen LogP contribution is 2.33. The minimum absolute atomic E-state index is 0.00308. The van der Waals surface area contributed by atoms with Gasteiger partial charge in [-0.3, -0.25) is 4.79 Å². The molecule has 1 aliphatic rings. The summed E-state index contributed by atoms with van der Waals surface area (Å²) in [6.07, 6.45) is 5.51. The largest absolute Gasteiger partial charge is 0.372 e. The van der Waals surface area contributed by atoms with Crippen LogP contribution < -0.4 is 0 Å². The fourth-order valence-electron chi connectivity index (χ4n) is 2.25. The van der Waals surface area contributed by atoms with E-state index in [9.17, 15) is 4.79 Å². The lowest BCUT2D eigenvalue weighted by Gasteiger charge is -2.34. The summed E-state index contributed by atoms with van der Waals surface area (Å²) in [4.78, 5) is 11.7. The second-order valence-corrected chi connectivity index (χ2v) is 8.94. The number of rotatable bonds is 9. The summed E-state index contributed by atoms with van der Waals surface area (Å²) in [5.41, 5.74) is -0.284. The Morgan fingerprint density at radius 3 is 2.36 bits per heavy atom. The first-order chi connectivity index (χ1) is 10.2. The van der Waals surface area contributed by atoms with Crippen molar-refractivity contribution in [2.24, 2.45) is 0 Å². The van der Waals surface area contributed by atoms with Gasteiger partial charge >= 0.3 is 0 Å². The van der Waals surface area contributed by atoms with Crippen molar-refractivity contribution in [1.29, 1.82) is 0 Å². The Bertz CT molecular complexity index is 352. The van der Waals surface area contributed by atoms with Crippen molar-refractivity contribution in [2.45, 2.75) is 102 Å². The molecule has 0 aromatic heterocycles. The number of carbonyl (C=O) groups is 1. The van der Waals surface area contributed by atoms with E-state index < -0.39 is 0 Å². The van der Waals surface area contributed by atoms with Crippen molar-refractivity contribution in [3.63, 3.8) is 0 Å². The van der Waals surface area contributed by atoms with E-state index in [4.69, 9.17) is 9.47 Å². The molecule has 130 valence electrons.